The lowest BCUT2D eigenvalue weighted by Gasteiger charge is -2.36. The van der Waals surface area contributed by atoms with Crippen LogP contribution < -0.4 is 10.5 Å². The molecule has 1 aromatic carbocycles. The van der Waals surface area contributed by atoms with E-state index in [-0.39, 0.29) is 0 Å². The molecule has 0 spiro atoms. The minimum absolute atomic E-state index is 0.342. The van der Waals surface area contributed by atoms with E-state index >= 15 is 0 Å². The fraction of sp³-hybridized carbons (Fsp3) is 0.533. The number of nitrogens with two attached hydrogens (primary N) is 1. The zero-order valence-electron chi connectivity index (χ0n) is 12.1. The lowest BCUT2D eigenvalue weighted by molar-refractivity contribution is -0.0181. The number of benzene rings is 1. The van der Waals surface area contributed by atoms with Crippen LogP contribution in [-0.2, 0) is 6.54 Å². The largest absolute Gasteiger partial charge is 0.496 e. The van der Waals surface area contributed by atoms with Gasteiger partial charge in [0.15, 0.2) is 0 Å². The number of methoxy groups -OCH3 is 1. The molecule has 1 fully saturated rings. The van der Waals surface area contributed by atoms with Crippen molar-refractivity contribution in [1.29, 1.82) is 0 Å². The highest BCUT2D eigenvalue weighted by molar-refractivity contribution is 7.80. The molecule has 4 nitrogen and oxygen atoms in total. The standard InChI is InChI=1S/C15H22N2O2S/c1-15(18)6-3-7-17(10-15)9-11-4-5-13(19-2)12(8-11)14(16)20/h4-5,8,18H,3,6-7,9-10H2,1-2H3,(H2,16,20). The van der Waals surface area contributed by atoms with E-state index in [2.05, 4.69) is 4.90 Å². The van der Waals surface area contributed by atoms with Gasteiger partial charge in [-0.2, -0.15) is 0 Å². The molecule has 1 aliphatic rings. The molecule has 1 unspecified atom stereocenters. The Balaban J connectivity index is 2.13. The number of hydrogen-bond acceptors (Lipinski definition) is 4. The van der Waals surface area contributed by atoms with Gasteiger partial charge in [0.05, 0.1) is 18.3 Å². The van der Waals surface area contributed by atoms with Gasteiger partial charge < -0.3 is 15.6 Å². The van der Waals surface area contributed by atoms with Crippen molar-refractivity contribution in [3.05, 3.63) is 29.3 Å². The molecule has 0 radical (unpaired) electrons. The number of piperidine rings is 1. The SMILES string of the molecule is COc1ccc(CN2CCCC(C)(O)C2)cc1C(N)=S. The summed E-state index contributed by atoms with van der Waals surface area (Å²) >= 11 is 5.06. The number of aliphatic hydroxyl groups is 1. The monoisotopic (exact) mass is 294 g/mol. The highest BCUT2D eigenvalue weighted by Crippen LogP contribution is 2.24. The predicted octanol–water partition coefficient (Wildman–Crippen LogP) is 1.68. The second kappa shape index (κ2) is 6.08. The molecule has 1 atom stereocenters. The molecule has 5 heteroatoms. The Morgan fingerprint density at radius 1 is 1.55 bits per heavy atom. The first-order chi connectivity index (χ1) is 9.41. The summed E-state index contributed by atoms with van der Waals surface area (Å²) in [5.74, 6) is 0.701. The first kappa shape index (κ1) is 15.2. The van der Waals surface area contributed by atoms with E-state index in [0.29, 0.717) is 17.3 Å². The van der Waals surface area contributed by atoms with Crippen molar-refractivity contribution in [3.63, 3.8) is 0 Å². The lowest BCUT2D eigenvalue weighted by Crippen LogP contribution is -2.45. The van der Waals surface area contributed by atoms with Crippen LogP contribution in [0.25, 0.3) is 0 Å². The molecule has 2 rings (SSSR count). The summed E-state index contributed by atoms with van der Waals surface area (Å²) in [6.45, 7) is 4.38. The molecule has 20 heavy (non-hydrogen) atoms. The summed E-state index contributed by atoms with van der Waals surface area (Å²) < 4.78 is 5.26. The molecule has 110 valence electrons. The predicted molar refractivity (Wildman–Crippen MR) is 84.0 cm³/mol. The Kier molecular flexibility index (Phi) is 4.62. The molecular formula is C15H22N2O2S. The van der Waals surface area contributed by atoms with Crippen LogP contribution in [-0.4, -0.2) is 40.8 Å². The summed E-state index contributed by atoms with van der Waals surface area (Å²) in [6.07, 6.45) is 1.88. The maximum atomic E-state index is 10.1. The Morgan fingerprint density at radius 2 is 2.30 bits per heavy atom. The third-order valence-corrected chi connectivity index (χ3v) is 3.91. The average Bonchev–Trinajstić information content (AvgIpc) is 2.37. The van der Waals surface area contributed by atoms with Gasteiger partial charge in [-0.25, -0.2) is 0 Å². The van der Waals surface area contributed by atoms with Gasteiger partial charge in [-0.15, -0.1) is 0 Å². The van der Waals surface area contributed by atoms with Crippen molar-refractivity contribution < 1.29 is 9.84 Å². The fourth-order valence-corrected chi connectivity index (χ4v) is 2.92. The van der Waals surface area contributed by atoms with Crippen LogP contribution in [0.1, 0.15) is 30.9 Å². The number of ether oxygens (including phenoxy) is 1. The van der Waals surface area contributed by atoms with Crippen LogP contribution in [0.4, 0.5) is 0 Å². The van der Waals surface area contributed by atoms with E-state index in [0.717, 1.165) is 37.1 Å². The van der Waals surface area contributed by atoms with Crippen molar-refractivity contribution in [3.8, 4) is 5.75 Å². The number of β-amino-alcohol motifs (C(OH)–C–C–N with tert-alkyl or cyclic N) is 1. The van der Waals surface area contributed by atoms with Crippen LogP contribution in [0.2, 0.25) is 0 Å². The average molecular weight is 294 g/mol. The minimum Gasteiger partial charge on any atom is -0.496 e. The second-order valence-corrected chi connectivity index (χ2v) is 6.15. The van der Waals surface area contributed by atoms with Crippen LogP contribution >= 0.6 is 12.2 Å². The summed E-state index contributed by atoms with van der Waals surface area (Å²) in [4.78, 5) is 2.60. The van der Waals surface area contributed by atoms with E-state index in [1.54, 1.807) is 7.11 Å². The van der Waals surface area contributed by atoms with Crippen LogP contribution in [0.3, 0.4) is 0 Å². The summed E-state index contributed by atoms with van der Waals surface area (Å²) in [7, 11) is 1.61. The van der Waals surface area contributed by atoms with Gasteiger partial charge in [0.1, 0.15) is 10.7 Å². The second-order valence-electron chi connectivity index (χ2n) is 5.71. The highest BCUT2D eigenvalue weighted by atomic mass is 32.1. The van der Waals surface area contributed by atoms with E-state index in [9.17, 15) is 5.11 Å². The highest BCUT2D eigenvalue weighted by Gasteiger charge is 2.28. The zero-order valence-corrected chi connectivity index (χ0v) is 12.9. The molecule has 0 amide bonds. The van der Waals surface area contributed by atoms with Gasteiger partial charge in [-0.05, 0) is 44.0 Å². The maximum absolute atomic E-state index is 10.1. The van der Waals surface area contributed by atoms with Crippen molar-refractivity contribution in [1.82, 2.24) is 4.90 Å². The van der Waals surface area contributed by atoms with E-state index in [1.807, 2.05) is 25.1 Å². The van der Waals surface area contributed by atoms with E-state index in [4.69, 9.17) is 22.7 Å². The quantitative estimate of drug-likeness (QED) is 0.827. The van der Waals surface area contributed by atoms with E-state index in [1.165, 1.54) is 0 Å². The number of nitrogens with zero attached hydrogens (tertiary/aromatic N) is 1. The molecule has 0 aliphatic carbocycles. The topological polar surface area (TPSA) is 58.7 Å². The number of rotatable bonds is 4. The van der Waals surface area contributed by atoms with Gasteiger partial charge in [-0.3, -0.25) is 4.90 Å². The lowest BCUT2D eigenvalue weighted by atomic mass is 9.95. The van der Waals surface area contributed by atoms with E-state index < -0.39 is 5.60 Å². The van der Waals surface area contributed by atoms with Gasteiger partial charge in [0.25, 0.3) is 0 Å². The normalized spacial score (nSPS) is 23.6. The molecule has 1 saturated heterocycles. The van der Waals surface area contributed by atoms with Crippen LogP contribution in [0, 0.1) is 0 Å². The van der Waals surface area contributed by atoms with Gasteiger partial charge in [-0.1, -0.05) is 18.3 Å². The summed E-state index contributed by atoms with van der Waals surface area (Å²) in [5, 5.41) is 10.1. The minimum atomic E-state index is -0.587. The molecule has 1 aliphatic heterocycles. The molecule has 0 aromatic heterocycles. The number of thiocarbonyl (C=S) groups is 1. The first-order valence-electron chi connectivity index (χ1n) is 6.83. The van der Waals surface area contributed by atoms with Gasteiger partial charge >= 0.3 is 0 Å². The number of likely N-dealkylation sites (tertiary alicyclic amines) is 1. The third-order valence-electron chi connectivity index (χ3n) is 3.69. The molecule has 1 heterocycles. The van der Waals surface area contributed by atoms with Crippen LogP contribution in [0.5, 0.6) is 5.75 Å². The Hall–Kier alpha value is -1.17. The molecule has 1 aromatic rings. The Labute approximate surface area is 125 Å². The number of hydrogen-bond donors (Lipinski definition) is 2. The first-order valence-corrected chi connectivity index (χ1v) is 7.23. The maximum Gasteiger partial charge on any atom is 0.129 e. The fourth-order valence-electron chi connectivity index (χ4n) is 2.76. The molecule has 0 bridgehead atoms. The molecular weight excluding hydrogens is 272 g/mol. The summed E-state index contributed by atoms with van der Waals surface area (Å²) in [6, 6.07) is 5.89. The third kappa shape index (κ3) is 3.69. The molecule has 3 N–H and O–H groups in total. The molecule has 0 saturated carbocycles. The van der Waals surface area contributed by atoms with Crippen LogP contribution in [0.15, 0.2) is 18.2 Å². The smallest absolute Gasteiger partial charge is 0.129 e. The Morgan fingerprint density at radius 3 is 2.90 bits per heavy atom. The van der Waals surface area contributed by atoms with Gasteiger partial charge in [0, 0.05) is 13.1 Å². The van der Waals surface area contributed by atoms with Crippen molar-refractivity contribution in [2.24, 2.45) is 5.73 Å². The zero-order chi connectivity index (χ0) is 14.8. The Bertz CT molecular complexity index is 503. The van der Waals surface area contributed by atoms with Crippen molar-refractivity contribution in [2.75, 3.05) is 20.2 Å². The van der Waals surface area contributed by atoms with Crippen molar-refractivity contribution >= 4 is 17.2 Å². The van der Waals surface area contributed by atoms with Gasteiger partial charge in [0.2, 0.25) is 0 Å². The van der Waals surface area contributed by atoms with Crippen molar-refractivity contribution in [2.45, 2.75) is 31.9 Å². The summed E-state index contributed by atoms with van der Waals surface area (Å²) in [5.41, 5.74) is 7.04.